The maximum atomic E-state index is 14.3. The average Bonchev–Trinajstić information content (AvgIpc) is 3.68. The Kier molecular flexibility index (Phi) is 10.4. The number of nitrogens with zero attached hydrogens (tertiary/aromatic N) is 4. The molecule has 0 spiro atoms. The first-order chi connectivity index (χ1) is 25.3. The summed E-state index contributed by atoms with van der Waals surface area (Å²) in [5.74, 6) is 3.11. The standard InChI is InChI=1S/C35H35ClF5N5O6S3/c1-34(2,55(51,52)22-8-9-22)13-12-28-23-6-5-7-24(23)29(31(43-28)27(42)16-19-14-20(37)17-21(38)15-19)25-10-11-26(36)30-32(25)45(18-35(39,40)41)44-33(30)46(53(3,47)48)54(4,49)50/h10-11,14-15,17,22,27H,5-9,16,18,42H2,1-4H3/t27-/m0/s1. The highest BCUT2D eigenvalue weighted by Crippen LogP contribution is 2.46. The Morgan fingerprint density at radius 1 is 0.982 bits per heavy atom. The number of fused-ring (bicyclic) bond motifs is 2. The molecule has 6 rings (SSSR count). The molecule has 2 heterocycles. The van der Waals surface area contributed by atoms with Gasteiger partial charge < -0.3 is 5.73 Å². The van der Waals surface area contributed by atoms with E-state index in [1.165, 1.54) is 26.0 Å². The summed E-state index contributed by atoms with van der Waals surface area (Å²) in [5.41, 5.74) is 7.86. The van der Waals surface area contributed by atoms with E-state index in [9.17, 15) is 47.2 Å². The molecule has 0 bridgehead atoms. The van der Waals surface area contributed by atoms with Gasteiger partial charge in [0.25, 0.3) is 0 Å². The van der Waals surface area contributed by atoms with E-state index >= 15 is 0 Å². The molecule has 55 heavy (non-hydrogen) atoms. The molecule has 2 N–H and O–H groups in total. The second-order valence-electron chi connectivity index (χ2n) is 14.3. The van der Waals surface area contributed by atoms with Gasteiger partial charge in [0.1, 0.15) is 28.6 Å². The topological polar surface area (TPSA) is 162 Å². The molecule has 0 radical (unpaired) electrons. The van der Waals surface area contributed by atoms with Crippen LogP contribution in [0.25, 0.3) is 22.0 Å². The minimum Gasteiger partial charge on any atom is -0.322 e. The van der Waals surface area contributed by atoms with Gasteiger partial charge >= 0.3 is 6.18 Å². The molecule has 296 valence electrons. The van der Waals surface area contributed by atoms with Crippen LogP contribution < -0.4 is 9.44 Å². The Morgan fingerprint density at radius 3 is 2.15 bits per heavy atom. The number of benzene rings is 2. The van der Waals surface area contributed by atoms with Crippen molar-refractivity contribution in [3.8, 4) is 23.0 Å². The fourth-order valence-corrected chi connectivity index (χ4v) is 11.8. The molecule has 2 aromatic heterocycles. The number of sulfonamides is 2. The predicted molar refractivity (Wildman–Crippen MR) is 198 cm³/mol. The van der Waals surface area contributed by atoms with Gasteiger partial charge in [0.2, 0.25) is 20.0 Å². The number of halogens is 6. The SMILES string of the molecule is CC(C)(C#Cc1nc([C@@H](N)Cc2cc(F)cc(F)c2)c(-c2ccc(Cl)c3c(N(S(C)(=O)=O)S(C)(=O)=O)nn(CC(F)(F)F)c23)c2c1CCC2)S(=O)(=O)C1CC1. The van der Waals surface area contributed by atoms with Crippen molar-refractivity contribution in [2.45, 2.75) is 81.1 Å². The highest BCUT2D eigenvalue weighted by molar-refractivity contribution is 8.09. The zero-order valence-corrected chi connectivity index (χ0v) is 33.0. The summed E-state index contributed by atoms with van der Waals surface area (Å²) >= 11 is 6.55. The van der Waals surface area contributed by atoms with Crippen LogP contribution in [-0.4, -0.2) is 68.7 Å². The number of anilines is 1. The van der Waals surface area contributed by atoms with E-state index in [0.717, 1.165) is 12.1 Å². The van der Waals surface area contributed by atoms with Crippen LogP contribution in [0.1, 0.15) is 67.2 Å². The van der Waals surface area contributed by atoms with Crippen molar-refractivity contribution in [1.82, 2.24) is 14.8 Å². The number of rotatable bonds is 10. The first kappa shape index (κ1) is 40.8. The second kappa shape index (κ2) is 14.0. The summed E-state index contributed by atoms with van der Waals surface area (Å²) in [5, 5.41) is 2.61. The Morgan fingerprint density at radius 2 is 1.58 bits per heavy atom. The van der Waals surface area contributed by atoms with Gasteiger partial charge in [-0.1, -0.05) is 23.6 Å². The first-order valence-electron chi connectivity index (χ1n) is 16.8. The van der Waals surface area contributed by atoms with E-state index in [-0.39, 0.29) is 43.2 Å². The fraction of sp³-hybridized carbons (Fsp3) is 0.429. The number of alkyl halides is 3. The Bertz CT molecular complexity index is 2600. The lowest BCUT2D eigenvalue weighted by Gasteiger charge is -2.22. The van der Waals surface area contributed by atoms with Crippen LogP contribution in [0.15, 0.2) is 30.3 Å². The Balaban J connectivity index is 1.70. The predicted octanol–water partition coefficient (Wildman–Crippen LogP) is 5.76. The average molecular weight is 848 g/mol. The number of sulfone groups is 1. The zero-order chi connectivity index (χ0) is 40.6. The quantitative estimate of drug-likeness (QED) is 0.155. The third-order valence-corrected chi connectivity index (χ3v) is 15.7. The molecule has 0 aliphatic heterocycles. The molecule has 20 heteroatoms. The van der Waals surface area contributed by atoms with E-state index in [4.69, 9.17) is 22.3 Å². The van der Waals surface area contributed by atoms with Gasteiger partial charge in [0.15, 0.2) is 15.7 Å². The lowest BCUT2D eigenvalue weighted by molar-refractivity contribution is -0.141. The van der Waals surface area contributed by atoms with Crippen LogP contribution >= 0.6 is 11.6 Å². The van der Waals surface area contributed by atoms with Gasteiger partial charge in [-0.25, -0.2) is 39.0 Å². The normalized spacial score (nSPS) is 15.8. The summed E-state index contributed by atoms with van der Waals surface area (Å²) in [6.45, 7) is 1.16. The van der Waals surface area contributed by atoms with Crippen molar-refractivity contribution in [2.75, 3.05) is 16.2 Å². The molecule has 2 aromatic carbocycles. The molecule has 2 aliphatic rings. The van der Waals surface area contributed by atoms with E-state index in [2.05, 4.69) is 16.9 Å². The van der Waals surface area contributed by atoms with Crippen molar-refractivity contribution in [1.29, 1.82) is 0 Å². The molecular formula is C35H35ClF5N5O6S3. The van der Waals surface area contributed by atoms with Gasteiger partial charge in [0, 0.05) is 17.2 Å². The van der Waals surface area contributed by atoms with E-state index in [1.54, 1.807) is 0 Å². The fourth-order valence-electron chi connectivity index (χ4n) is 6.94. The van der Waals surface area contributed by atoms with E-state index < -0.39 is 87.0 Å². The maximum absolute atomic E-state index is 14.3. The third-order valence-electron chi connectivity index (χ3n) is 9.38. The molecule has 1 fully saturated rings. The van der Waals surface area contributed by atoms with E-state index in [1.807, 2.05) is 0 Å². The molecule has 1 saturated carbocycles. The molecular weight excluding hydrogens is 813 g/mol. The summed E-state index contributed by atoms with van der Waals surface area (Å²) in [4.78, 5) is 4.79. The van der Waals surface area contributed by atoms with Crippen LogP contribution in [0, 0.1) is 23.5 Å². The van der Waals surface area contributed by atoms with Gasteiger partial charge in [-0.05, 0) is 93.2 Å². The van der Waals surface area contributed by atoms with Crippen molar-refractivity contribution in [2.24, 2.45) is 5.73 Å². The smallest absolute Gasteiger partial charge is 0.322 e. The summed E-state index contributed by atoms with van der Waals surface area (Å²) in [7, 11) is -13.1. The van der Waals surface area contributed by atoms with Crippen molar-refractivity contribution in [3.05, 3.63) is 75.1 Å². The monoisotopic (exact) mass is 847 g/mol. The molecule has 11 nitrogen and oxygen atoms in total. The number of pyridine rings is 1. The van der Waals surface area contributed by atoms with E-state index in [0.29, 0.717) is 66.5 Å². The number of hydrogen-bond acceptors (Lipinski definition) is 9. The second-order valence-corrected chi connectivity index (χ2v) is 21.3. The van der Waals surface area contributed by atoms with Crippen LogP contribution in [-0.2, 0) is 55.7 Å². The summed E-state index contributed by atoms with van der Waals surface area (Å²) < 4.78 is 148. The van der Waals surface area contributed by atoms with Gasteiger partial charge in [-0.2, -0.15) is 18.3 Å². The van der Waals surface area contributed by atoms with Crippen molar-refractivity contribution >= 4 is 58.2 Å². The Labute approximate surface area is 320 Å². The highest BCUT2D eigenvalue weighted by atomic mass is 35.5. The molecule has 4 aromatic rings. The molecule has 0 saturated heterocycles. The first-order valence-corrected chi connectivity index (χ1v) is 22.4. The molecule has 0 unspecified atom stereocenters. The summed E-state index contributed by atoms with van der Waals surface area (Å²) in [6, 6.07) is 4.15. The van der Waals surface area contributed by atoms with Crippen molar-refractivity contribution in [3.63, 3.8) is 0 Å². The zero-order valence-electron chi connectivity index (χ0n) is 29.8. The summed E-state index contributed by atoms with van der Waals surface area (Å²) in [6.07, 6.45) is -1.88. The number of aromatic nitrogens is 3. The van der Waals surface area contributed by atoms with Crippen LogP contribution in [0.3, 0.4) is 0 Å². The minimum absolute atomic E-state index is 0.00508. The highest BCUT2D eigenvalue weighted by Gasteiger charge is 2.45. The largest absolute Gasteiger partial charge is 0.408 e. The molecule has 0 amide bonds. The lowest BCUT2D eigenvalue weighted by Crippen LogP contribution is -2.36. The van der Waals surface area contributed by atoms with Crippen LogP contribution in [0.5, 0.6) is 0 Å². The van der Waals surface area contributed by atoms with Gasteiger partial charge in [-0.15, -0.1) is 3.71 Å². The molecule has 2 aliphatic carbocycles. The van der Waals surface area contributed by atoms with Crippen LogP contribution in [0.4, 0.5) is 27.8 Å². The van der Waals surface area contributed by atoms with Crippen molar-refractivity contribution < 1.29 is 47.2 Å². The maximum Gasteiger partial charge on any atom is 0.408 e. The number of hydrogen-bond donors (Lipinski definition) is 1. The van der Waals surface area contributed by atoms with Gasteiger partial charge in [0.05, 0.1) is 45.4 Å². The number of nitrogens with two attached hydrogens (primary N) is 1. The Hall–Kier alpha value is -3.83. The minimum atomic E-state index is -4.95. The lowest BCUT2D eigenvalue weighted by atomic mass is 9.89. The van der Waals surface area contributed by atoms with Crippen LogP contribution in [0.2, 0.25) is 5.02 Å². The molecule has 1 atom stereocenters. The third kappa shape index (κ3) is 8.06. The van der Waals surface area contributed by atoms with Gasteiger partial charge in [-0.3, -0.25) is 4.68 Å².